The Morgan fingerprint density at radius 2 is 2.37 bits per heavy atom. The maximum atomic E-state index is 11.6. The van der Waals surface area contributed by atoms with E-state index < -0.39 is 0 Å². The number of carbonyl (C=O) groups is 1. The van der Waals surface area contributed by atoms with Gasteiger partial charge in [-0.2, -0.15) is 0 Å². The van der Waals surface area contributed by atoms with Crippen LogP contribution in [-0.2, 0) is 9.53 Å². The normalized spacial score (nSPS) is 19.1. The van der Waals surface area contributed by atoms with Crippen molar-refractivity contribution in [2.45, 2.75) is 19.8 Å². The zero-order valence-corrected chi connectivity index (χ0v) is 11.3. The second kappa shape index (κ2) is 6.36. The molecule has 1 aliphatic rings. The van der Waals surface area contributed by atoms with Crippen molar-refractivity contribution in [3.05, 3.63) is 12.4 Å². The molecule has 1 aromatic rings. The lowest BCUT2D eigenvalue weighted by Crippen LogP contribution is -2.39. The van der Waals surface area contributed by atoms with E-state index in [-0.39, 0.29) is 11.9 Å². The summed E-state index contributed by atoms with van der Waals surface area (Å²) in [6.07, 6.45) is 3.31. The molecule has 0 aliphatic carbocycles. The fourth-order valence-electron chi connectivity index (χ4n) is 2.27. The Morgan fingerprint density at radius 1 is 1.53 bits per heavy atom. The van der Waals surface area contributed by atoms with Crippen molar-refractivity contribution in [1.82, 2.24) is 9.97 Å². The molecule has 0 bridgehead atoms. The van der Waals surface area contributed by atoms with Gasteiger partial charge in [-0.3, -0.25) is 4.79 Å². The Morgan fingerprint density at radius 3 is 3.11 bits per heavy atom. The van der Waals surface area contributed by atoms with Crippen molar-refractivity contribution in [2.24, 2.45) is 5.92 Å². The highest BCUT2D eigenvalue weighted by Crippen LogP contribution is 2.23. The van der Waals surface area contributed by atoms with E-state index in [4.69, 9.17) is 9.47 Å². The number of methoxy groups -OCH3 is 1. The van der Waals surface area contributed by atoms with Gasteiger partial charge in [-0.1, -0.05) is 0 Å². The largest absolute Gasteiger partial charge is 0.478 e. The summed E-state index contributed by atoms with van der Waals surface area (Å²) in [5.74, 6) is 1.13. The second-order valence-electron chi connectivity index (χ2n) is 4.46. The Balaban J connectivity index is 2.08. The molecule has 1 fully saturated rings. The molecule has 19 heavy (non-hydrogen) atoms. The predicted molar refractivity (Wildman–Crippen MR) is 70.2 cm³/mol. The first kappa shape index (κ1) is 13.6. The first-order valence-corrected chi connectivity index (χ1v) is 6.52. The molecule has 2 rings (SSSR count). The van der Waals surface area contributed by atoms with Crippen LogP contribution in [0.4, 0.5) is 5.82 Å². The molecule has 1 atom stereocenters. The van der Waals surface area contributed by atoms with Crippen LogP contribution in [0.3, 0.4) is 0 Å². The van der Waals surface area contributed by atoms with Crippen molar-refractivity contribution in [3.63, 3.8) is 0 Å². The first-order valence-electron chi connectivity index (χ1n) is 6.52. The molecule has 1 saturated heterocycles. The van der Waals surface area contributed by atoms with Crippen molar-refractivity contribution in [1.29, 1.82) is 0 Å². The SMILES string of the molecule is CCOc1cc(N2CCCC(C(=O)OC)C2)ncn1. The average molecular weight is 265 g/mol. The fraction of sp³-hybridized carbons (Fsp3) is 0.615. The number of hydrogen-bond acceptors (Lipinski definition) is 6. The molecular formula is C13H19N3O3. The lowest BCUT2D eigenvalue weighted by molar-refractivity contribution is -0.145. The van der Waals surface area contributed by atoms with E-state index in [2.05, 4.69) is 14.9 Å². The quantitative estimate of drug-likeness (QED) is 0.764. The van der Waals surface area contributed by atoms with Gasteiger partial charge in [0.2, 0.25) is 5.88 Å². The number of rotatable bonds is 4. The van der Waals surface area contributed by atoms with Crippen molar-refractivity contribution in [2.75, 3.05) is 31.7 Å². The molecule has 0 amide bonds. The summed E-state index contributed by atoms with van der Waals surface area (Å²) in [6.45, 7) is 4.00. The molecule has 0 N–H and O–H groups in total. The average Bonchev–Trinajstić information content (AvgIpc) is 2.47. The van der Waals surface area contributed by atoms with E-state index in [9.17, 15) is 4.79 Å². The summed E-state index contributed by atoms with van der Waals surface area (Å²) in [5, 5.41) is 0. The molecule has 1 unspecified atom stereocenters. The maximum Gasteiger partial charge on any atom is 0.310 e. The Bertz CT molecular complexity index is 439. The number of ether oxygens (including phenoxy) is 2. The molecule has 6 nitrogen and oxygen atoms in total. The zero-order valence-electron chi connectivity index (χ0n) is 11.3. The lowest BCUT2D eigenvalue weighted by Gasteiger charge is -2.32. The Labute approximate surface area is 112 Å². The van der Waals surface area contributed by atoms with Gasteiger partial charge in [0.15, 0.2) is 0 Å². The highest BCUT2D eigenvalue weighted by Gasteiger charge is 2.27. The van der Waals surface area contributed by atoms with E-state index >= 15 is 0 Å². The van der Waals surface area contributed by atoms with Gasteiger partial charge >= 0.3 is 5.97 Å². The van der Waals surface area contributed by atoms with Gasteiger partial charge in [-0.25, -0.2) is 9.97 Å². The third-order valence-electron chi connectivity index (χ3n) is 3.20. The molecule has 1 aliphatic heterocycles. The number of aromatic nitrogens is 2. The van der Waals surface area contributed by atoms with E-state index in [0.717, 1.165) is 25.2 Å². The molecule has 0 radical (unpaired) electrons. The smallest absolute Gasteiger partial charge is 0.310 e. The molecule has 1 aromatic heterocycles. The maximum absolute atomic E-state index is 11.6. The first-order chi connectivity index (χ1) is 9.24. The van der Waals surface area contributed by atoms with Crippen LogP contribution < -0.4 is 9.64 Å². The van der Waals surface area contributed by atoms with Gasteiger partial charge in [-0.15, -0.1) is 0 Å². The third kappa shape index (κ3) is 3.33. The number of nitrogens with zero attached hydrogens (tertiary/aromatic N) is 3. The molecule has 0 aromatic carbocycles. The lowest BCUT2D eigenvalue weighted by atomic mass is 9.98. The van der Waals surface area contributed by atoms with Crippen LogP contribution in [0.5, 0.6) is 5.88 Å². The van der Waals surface area contributed by atoms with Crippen LogP contribution >= 0.6 is 0 Å². The van der Waals surface area contributed by atoms with Gasteiger partial charge in [0.05, 0.1) is 19.6 Å². The molecule has 0 saturated carbocycles. The van der Waals surface area contributed by atoms with Crippen molar-refractivity contribution >= 4 is 11.8 Å². The van der Waals surface area contributed by atoms with Gasteiger partial charge in [0.1, 0.15) is 12.1 Å². The minimum absolute atomic E-state index is 0.0794. The fourth-order valence-corrected chi connectivity index (χ4v) is 2.27. The van der Waals surface area contributed by atoms with Crippen LogP contribution in [0.25, 0.3) is 0 Å². The minimum Gasteiger partial charge on any atom is -0.478 e. The topological polar surface area (TPSA) is 64.5 Å². The van der Waals surface area contributed by atoms with Gasteiger partial charge < -0.3 is 14.4 Å². The van der Waals surface area contributed by atoms with E-state index in [0.29, 0.717) is 19.0 Å². The van der Waals surface area contributed by atoms with Crippen molar-refractivity contribution < 1.29 is 14.3 Å². The number of carbonyl (C=O) groups excluding carboxylic acids is 1. The summed E-state index contributed by atoms with van der Waals surface area (Å²) in [7, 11) is 1.43. The number of esters is 1. The van der Waals surface area contributed by atoms with Crippen LogP contribution in [0.1, 0.15) is 19.8 Å². The van der Waals surface area contributed by atoms with Gasteiger partial charge in [0, 0.05) is 19.2 Å². The minimum atomic E-state index is -0.149. The predicted octanol–water partition coefficient (Wildman–Crippen LogP) is 1.26. The molecular weight excluding hydrogens is 246 g/mol. The molecule has 104 valence electrons. The summed E-state index contributed by atoms with van der Waals surface area (Å²) in [5.41, 5.74) is 0. The highest BCUT2D eigenvalue weighted by atomic mass is 16.5. The number of anilines is 1. The summed E-state index contributed by atoms with van der Waals surface area (Å²) >= 11 is 0. The number of hydrogen-bond donors (Lipinski definition) is 0. The van der Waals surface area contributed by atoms with Crippen LogP contribution in [0, 0.1) is 5.92 Å². The number of piperidine rings is 1. The molecule has 0 spiro atoms. The standard InChI is InChI=1S/C13H19N3O3/c1-3-19-12-7-11(14-9-15-12)16-6-4-5-10(8-16)13(17)18-2/h7,9-10H,3-6,8H2,1-2H3. The van der Waals surface area contributed by atoms with Crippen molar-refractivity contribution in [3.8, 4) is 5.88 Å². The van der Waals surface area contributed by atoms with Crippen LogP contribution in [0.15, 0.2) is 12.4 Å². The molecule has 6 heteroatoms. The zero-order chi connectivity index (χ0) is 13.7. The van der Waals surface area contributed by atoms with E-state index in [1.807, 2.05) is 13.0 Å². The van der Waals surface area contributed by atoms with E-state index in [1.54, 1.807) is 0 Å². The van der Waals surface area contributed by atoms with Crippen LogP contribution in [0.2, 0.25) is 0 Å². The second-order valence-corrected chi connectivity index (χ2v) is 4.46. The summed E-state index contributed by atoms with van der Waals surface area (Å²) in [4.78, 5) is 22.0. The van der Waals surface area contributed by atoms with E-state index in [1.165, 1.54) is 13.4 Å². The third-order valence-corrected chi connectivity index (χ3v) is 3.20. The van der Waals surface area contributed by atoms with Gasteiger partial charge in [0.25, 0.3) is 0 Å². The Hall–Kier alpha value is -1.85. The summed E-state index contributed by atoms with van der Waals surface area (Å²) in [6, 6.07) is 1.81. The Kier molecular flexibility index (Phi) is 4.54. The molecule has 2 heterocycles. The summed E-state index contributed by atoms with van der Waals surface area (Å²) < 4.78 is 10.2. The highest BCUT2D eigenvalue weighted by molar-refractivity contribution is 5.73. The monoisotopic (exact) mass is 265 g/mol. The van der Waals surface area contributed by atoms with Crippen LogP contribution in [-0.4, -0.2) is 42.7 Å². The van der Waals surface area contributed by atoms with Gasteiger partial charge in [-0.05, 0) is 19.8 Å².